The lowest BCUT2D eigenvalue weighted by Crippen LogP contribution is -2.27. The Kier molecular flexibility index (Phi) is 8.09. The van der Waals surface area contributed by atoms with Crippen molar-refractivity contribution >= 4 is 57.9 Å². The van der Waals surface area contributed by atoms with E-state index in [0.717, 1.165) is 11.0 Å². The number of hydrogen-bond donors (Lipinski definition) is 0. The highest BCUT2D eigenvalue weighted by atomic mass is 35.5. The predicted molar refractivity (Wildman–Crippen MR) is 139 cm³/mol. The number of nitrogens with zero attached hydrogens (tertiary/aromatic N) is 2. The molecule has 0 spiro atoms. The fourth-order valence-corrected chi connectivity index (χ4v) is 4.88. The number of amides is 2. The Bertz CT molecular complexity index is 1510. The maximum Gasteiger partial charge on any atom is 0.416 e. The molecular weight excluding hydrogens is 584 g/mol. The fraction of sp³-hybridized carbons (Fsp3) is 0.120. The largest absolute Gasteiger partial charge is 0.493 e. The number of halogens is 5. The zero-order valence-electron chi connectivity index (χ0n) is 19.6. The van der Waals surface area contributed by atoms with E-state index < -0.39 is 39.2 Å². The van der Waals surface area contributed by atoms with Crippen molar-refractivity contribution in [1.82, 2.24) is 4.90 Å². The second-order valence-corrected chi connectivity index (χ2v) is 9.73. The first-order valence-corrected chi connectivity index (χ1v) is 12.4. The molecule has 0 aromatic heterocycles. The summed E-state index contributed by atoms with van der Waals surface area (Å²) in [5.41, 5.74) is -1.25. The van der Waals surface area contributed by atoms with E-state index in [9.17, 15) is 32.9 Å². The van der Waals surface area contributed by atoms with Crippen LogP contribution in [0.3, 0.4) is 0 Å². The second kappa shape index (κ2) is 11.2. The van der Waals surface area contributed by atoms with Gasteiger partial charge in [-0.1, -0.05) is 35.3 Å². The Morgan fingerprint density at radius 1 is 1.03 bits per heavy atom. The van der Waals surface area contributed by atoms with E-state index >= 15 is 0 Å². The summed E-state index contributed by atoms with van der Waals surface area (Å²) >= 11 is 13.0. The van der Waals surface area contributed by atoms with E-state index in [1.807, 2.05) is 0 Å². The molecule has 2 amide bonds. The van der Waals surface area contributed by atoms with Crippen molar-refractivity contribution < 1.29 is 37.2 Å². The summed E-state index contributed by atoms with van der Waals surface area (Å²) in [7, 11) is 1.29. The number of carbonyl (C=O) groups is 2. The lowest BCUT2D eigenvalue weighted by atomic mass is 10.1. The van der Waals surface area contributed by atoms with Gasteiger partial charge in [0, 0.05) is 21.7 Å². The molecule has 4 rings (SSSR count). The molecule has 1 fully saturated rings. The summed E-state index contributed by atoms with van der Waals surface area (Å²) in [6.45, 7) is -0.122. The first kappa shape index (κ1) is 28.3. The normalized spacial score (nSPS) is 14.7. The van der Waals surface area contributed by atoms with Crippen LogP contribution in [0.5, 0.6) is 17.2 Å². The highest BCUT2D eigenvalue weighted by Crippen LogP contribution is 2.41. The molecule has 39 heavy (non-hydrogen) atoms. The average molecular weight is 599 g/mol. The van der Waals surface area contributed by atoms with E-state index in [1.54, 1.807) is 18.2 Å². The van der Waals surface area contributed by atoms with Gasteiger partial charge in [0.1, 0.15) is 0 Å². The predicted octanol–water partition coefficient (Wildman–Crippen LogP) is 7.96. The van der Waals surface area contributed by atoms with Gasteiger partial charge in [-0.2, -0.15) is 13.2 Å². The van der Waals surface area contributed by atoms with Gasteiger partial charge in [0.25, 0.3) is 11.1 Å². The maximum absolute atomic E-state index is 13.0. The van der Waals surface area contributed by atoms with Gasteiger partial charge in [-0.25, -0.2) is 0 Å². The van der Waals surface area contributed by atoms with Crippen molar-refractivity contribution in [3.63, 3.8) is 0 Å². The minimum atomic E-state index is -4.78. The third-order valence-corrected chi connectivity index (χ3v) is 7.06. The number of nitro benzene ring substituents is 1. The lowest BCUT2D eigenvalue weighted by molar-refractivity contribution is -0.385. The number of ether oxygens (including phenoxy) is 2. The summed E-state index contributed by atoms with van der Waals surface area (Å²) in [6, 6.07) is 11.0. The van der Waals surface area contributed by atoms with Crippen LogP contribution in [0.15, 0.2) is 59.5 Å². The van der Waals surface area contributed by atoms with E-state index in [0.29, 0.717) is 45.1 Å². The smallest absolute Gasteiger partial charge is 0.416 e. The maximum atomic E-state index is 13.0. The number of hydrogen-bond acceptors (Lipinski definition) is 7. The first-order chi connectivity index (χ1) is 18.4. The molecule has 1 heterocycles. The summed E-state index contributed by atoms with van der Waals surface area (Å²) < 4.78 is 49.8. The molecule has 0 radical (unpaired) electrons. The number of benzene rings is 3. The molecular formula is C25H15Cl2F3N2O6S. The van der Waals surface area contributed by atoms with Crippen molar-refractivity contribution in [2.75, 3.05) is 7.11 Å². The molecule has 8 nitrogen and oxygen atoms in total. The van der Waals surface area contributed by atoms with Gasteiger partial charge in [-0.05, 0) is 59.8 Å². The van der Waals surface area contributed by atoms with Gasteiger partial charge < -0.3 is 9.47 Å². The van der Waals surface area contributed by atoms with Gasteiger partial charge in [-0.15, -0.1) is 0 Å². The van der Waals surface area contributed by atoms with Crippen LogP contribution in [0.25, 0.3) is 6.08 Å². The van der Waals surface area contributed by atoms with Crippen LogP contribution in [-0.4, -0.2) is 28.1 Å². The minimum Gasteiger partial charge on any atom is -0.493 e. The van der Waals surface area contributed by atoms with Crippen molar-refractivity contribution in [3.05, 3.63) is 96.4 Å². The molecule has 202 valence electrons. The Labute approximate surface area is 233 Å². The van der Waals surface area contributed by atoms with Gasteiger partial charge in [0.2, 0.25) is 5.75 Å². The summed E-state index contributed by atoms with van der Waals surface area (Å²) in [5.74, 6) is -0.960. The zero-order valence-corrected chi connectivity index (χ0v) is 22.0. The SMILES string of the molecule is COc1cc(/C=C2/SC(=O)N(Cc3c(Cl)cccc3Cl)C2=O)ccc1Oc1ccc(C(F)(F)F)cc1[N+](=O)[O-]. The average Bonchev–Trinajstić information content (AvgIpc) is 3.13. The monoisotopic (exact) mass is 598 g/mol. The van der Waals surface area contributed by atoms with Crippen molar-refractivity contribution in [1.29, 1.82) is 0 Å². The van der Waals surface area contributed by atoms with Crippen molar-refractivity contribution in [2.45, 2.75) is 12.7 Å². The Balaban J connectivity index is 1.59. The molecule has 1 aliphatic heterocycles. The topological polar surface area (TPSA) is 99.0 Å². The van der Waals surface area contributed by atoms with Crippen LogP contribution in [-0.2, 0) is 17.5 Å². The quantitative estimate of drug-likeness (QED) is 0.154. The van der Waals surface area contributed by atoms with Crippen molar-refractivity contribution in [3.8, 4) is 17.2 Å². The number of carbonyl (C=O) groups excluding carboxylic acids is 2. The van der Waals surface area contributed by atoms with E-state index in [-0.39, 0.29) is 22.9 Å². The summed E-state index contributed by atoms with van der Waals surface area (Å²) in [5, 5.41) is 11.5. The van der Waals surface area contributed by atoms with Crippen LogP contribution in [0.4, 0.5) is 23.7 Å². The number of imide groups is 1. The fourth-order valence-electron chi connectivity index (χ4n) is 3.53. The lowest BCUT2D eigenvalue weighted by Gasteiger charge is -2.14. The number of methoxy groups -OCH3 is 1. The Morgan fingerprint density at radius 2 is 1.69 bits per heavy atom. The van der Waals surface area contributed by atoms with Crippen LogP contribution >= 0.6 is 35.0 Å². The summed E-state index contributed by atoms with van der Waals surface area (Å²) in [4.78, 5) is 37.0. The van der Waals surface area contributed by atoms with Gasteiger partial charge in [0.05, 0.1) is 29.0 Å². The third kappa shape index (κ3) is 6.13. The molecule has 0 atom stereocenters. The molecule has 0 saturated carbocycles. The molecule has 0 unspecified atom stereocenters. The minimum absolute atomic E-state index is 0.0287. The Morgan fingerprint density at radius 3 is 2.31 bits per heavy atom. The van der Waals surface area contributed by atoms with E-state index in [2.05, 4.69) is 0 Å². The van der Waals surface area contributed by atoms with Crippen LogP contribution in [0, 0.1) is 10.1 Å². The highest BCUT2D eigenvalue weighted by Gasteiger charge is 2.36. The standard InChI is InChI=1S/C25H15Cl2F3N2O6S/c1-37-21-9-13(5-7-20(21)38-19-8-6-14(25(28,29)30)11-18(19)32(35)36)10-22-23(33)31(24(34)39-22)12-15-16(26)3-2-4-17(15)27/h2-11H,12H2,1H3/b22-10+. The van der Waals surface area contributed by atoms with Crippen LogP contribution < -0.4 is 9.47 Å². The molecule has 0 bridgehead atoms. The first-order valence-electron chi connectivity index (χ1n) is 10.8. The third-order valence-electron chi connectivity index (χ3n) is 5.44. The van der Waals surface area contributed by atoms with Crippen LogP contribution in [0.2, 0.25) is 10.0 Å². The van der Waals surface area contributed by atoms with Crippen LogP contribution in [0.1, 0.15) is 16.7 Å². The summed E-state index contributed by atoms with van der Waals surface area (Å²) in [6.07, 6.45) is -3.34. The van der Waals surface area contributed by atoms with Gasteiger partial charge in [0.15, 0.2) is 11.5 Å². The van der Waals surface area contributed by atoms with Gasteiger partial charge >= 0.3 is 11.9 Å². The number of thioether (sulfide) groups is 1. The number of alkyl halides is 3. The second-order valence-electron chi connectivity index (χ2n) is 7.92. The van der Waals surface area contributed by atoms with Crippen molar-refractivity contribution in [2.24, 2.45) is 0 Å². The van der Waals surface area contributed by atoms with E-state index in [1.165, 1.54) is 31.4 Å². The number of nitro groups is 1. The molecule has 14 heteroatoms. The molecule has 3 aromatic rings. The van der Waals surface area contributed by atoms with Gasteiger partial charge in [-0.3, -0.25) is 24.6 Å². The molecule has 1 aliphatic rings. The molecule has 1 saturated heterocycles. The highest BCUT2D eigenvalue weighted by molar-refractivity contribution is 8.18. The molecule has 3 aromatic carbocycles. The molecule has 0 N–H and O–H groups in total. The van der Waals surface area contributed by atoms with E-state index in [4.69, 9.17) is 32.7 Å². The molecule has 0 aliphatic carbocycles. The Hall–Kier alpha value is -3.74. The number of rotatable bonds is 7. The zero-order chi connectivity index (χ0) is 28.5.